The van der Waals surface area contributed by atoms with E-state index in [4.69, 9.17) is 9.84 Å². The summed E-state index contributed by atoms with van der Waals surface area (Å²) in [6, 6.07) is 16.0. The molecule has 7 nitrogen and oxygen atoms in total. The molecule has 0 spiro atoms. The highest BCUT2D eigenvalue weighted by Gasteiger charge is 2.40. The van der Waals surface area contributed by atoms with Gasteiger partial charge in [0.15, 0.2) is 0 Å². The molecule has 2 amide bonds. The van der Waals surface area contributed by atoms with Crippen molar-refractivity contribution in [3.63, 3.8) is 0 Å². The number of aliphatic carboxylic acids is 1. The van der Waals surface area contributed by atoms with E-state index in [1.807, 2.05) is 38.1 Å². The van der Waals surface area contributed by atoms with Crippen LogP contribution in [-0.4, -0.2) is 42.3 Å². The zero-order valence-electron chi connectivity index (χ0n) is 20.4. The SMILES string of the molecule is CC(C)[C@H](CC(=O)O)NC(=O)CC1(CNC(=O)OCC2c3ccccc3-c3ccccc32)CCC1. The van der Waals surface area contributed by atoms with Gasteiger partial charge in [0.2, 0.25) is 5.91 Å². The number of rotatable bonds is 10. The van der Waals surface area contributed by atoms with Crippen LogP contribution >= 0.6 is 0 Å². The molecule has 0 aromatic heterocycles. The van der Waals surface area contributed by atoms with Crippen LogP contribution in [0.3, 0.4) is 0 Å². The number of carbonyl (C=O) groups excluding carboxylic acids is 2. The monoisotopic (exact) mass is 478 g/mol. The van der Waals surface area contributed by atoms with E-state index in [0.29, 0.717) is 6.54 Å². The molecule has 2 aromatic carbocycles. The minimum absolute atomic E-state index is 0.00112. The smallest absolute Gasteiger partial charge is 0.407 e. The van der Waals surface area contributed by atoms with Crippen molar-refractivity contribution in [1.82, 2.24) is 10.6 Å². The number of carboxylic acids is 1. The molecule has 1 atom stereocenters. The molecule has 0 radical (unpaired) electrons. The minimum Gasteiger partial charge on any atom is -0.481 e. The maximum absolute atomic E-state index is 12.7. The average Bonchev–Trinajstić information content (AvgIpc) is 3.12. The van der Waals surface area contributed by atoms with E-state index in [2.05, 4.69) is 34.9 Å². The molecule has 1 saturated carbocycles. The van der Waals surface area contributed by atoms with Crippen LogP contribution in [0.15, 0.2) is 48.5 Å². The lowest BCUT2D eigenvalue weighted by molar-refractivity contribution is -0.138. The van der Waals surface area contributed by atoms with Gasteiger partial charge in [-0.1, -0.05) is 68.8 Å². The van der Waals surface area contributed by atoms with Gasteiger partial charge < -0.3 is 20.5 Å². The van der Waals surface area contributed by atoms with Crippen LogP contribution in [0, 0.1) is 11.3 Å². The summed E-state index contributed by atoms with van der Waals surface area (Å²) in [5, 5.41) is 14.9. The molecular weight excluding hydrogens is 444 g/mol. The predicted octanol–water partition coefficient (Wildman–Crippen LogP) is 4.70. The number of hydrogen-bond acceptors (Lipinski definition) is 4. The first-order valence-corrected chi connectivity index (χ1v) is 12.4. The van der Waals surface area contributed by atoms with Crippen molar-refractivity contribution < 1.29 is 24.2 Å². The van der Waals surface area contributed by atoms with Gasteiger partial charge >= 0.3 is 12.1 Å². The van der Waals surface area contributed by atoms with Gasteiger partial charge in [-0.15, -0.1) is 0 Å². The fraction of sp³-hybridized carbons (Fsp3) is 0.464. The van der Waals surface area contributed by atoms with Gasteiger partial charge in [-0.2, -0.15) is 0 Å². The van der Waals surface area contributed by atoms with E-state index in [9.17, 15) is 14.4 Å². The van der Waals surface area contributed by atoms with Crippen molar-refractivity contribution in [1.29, 1.82) is 0 Å². The Morgan fingerprint density at radius 3 is 2.14 bits per heavy atom. The molecule has 7 heteroatoms. The number of ether oxygens (including phenoxy) is 1. The second-order valence-electron chi connectivity index (χ2n) is 10.2. The van der Waals surface area contributed by atoms with Gasteiger partial charge in [0.1, 0.15) is 6.61 Å². The molecule has 0 unspecified atom stereocenters. The molecule has 2 aromatic rings. The maximum Gasteiger partial charge on any atom is 0.407 e. The lowest BCUT2D eigenvalue weighted by Gasteiger charge is -2.41. The van der Waals surface area contributed by atoms with Crippen LogP contribution < -0.4 is 10.6 Å². The first kappa shape index (κ1) is 24.8. The molecule has 0 bridgehead atoms. The summed E-state index contributed by atoms with van der Waals surface area (Å²) in [5.41, 5.74) is 4.38. The fourth-order valence-electron chi connectivity index (χ4n) is 5.24. The number of nitrogens with one attached hydrogen (secondary N) is 2. The van der Waals surface area contributed by atoms with E-state index in [1.54, 1.807) is 0 Å². The van der Waals surface area contributed by atoms with Crippen molar-refractivity contribution in [2.45, 2.75) is 57.9 Å². The number of benzene rings is 2. The average molecular weight is 479 g/mol. The lowest BCUT2D eigenvalue weighted by Crippen LogP contribution is -2.48. The largest absolute Gasteiger partial charge is 0.481 e. The van der Waals surface area contributed by atoms with Crippen molar-refractivity contribution in [3.8, 4) is 11.1 Å². The molecule has 2 aliphatic rings. The summed E-state index contributed by atoms with van der Waals surface area (Å²) in [6.07, 6.45) is 2.37. The Kier molecular flexibility index (Phi) is 7.43. The highest BCUT2D eigenvalue weighted by molar-refractivity contribution is 5.79. The third kappa shape index (κ3) is 5.66. The second-order valence-corrected chi connectivity index (χ2v) is 10.2. The summed E-state index contributed by atoms with van der Waals surface area (Å²) in [6.45, 7) is 4.40. The Hall–Kier alpha value is -3.35. The third-order valence-corrected chi connectivity index (χ3v) is 7.45. The number of carbonyl (C=O) groups is 3. The topological polar surface area (TPSA) is 105 Å². The molecule has 4 rings (SSSR count). The summed E-state index contributed by atoms with van der Waals surface area (Å²) >= 11 is 0. The summed E-state index contributed by atoms with van der Waals surface area (Å²) in [4.78, 5) is 36.4. The van der Waals surface area contributed by atoms with Crippen molar-refractivity contribution in [2.75, 3.05) is 13.2 Å². The summed E-state index contributed by atoms with van der Waals surface area (Å²) < 4.78 is 5.63. The number of alkyl carbamates (subject to hydrolysis) is 1. The molecule has 1 fully saturated rings. The van der Waals surface area contributed by atoms with E-state index in [-0.39, 0.29) is 42.6 Å². The van der Waals surface area contributed by atoms with Crippen LogP contribution in [0.25, 0.3) is 11.1 Å². The predicted molar refractivity (Wildman–Crippen MR) is 133 cm³/mol. The van der Waals surface area contributed by atoms with E-state index in [0.717, 1.165) is 30.4 Å². The van der Waals surface area contributed by atoms with Crippen LogP contribution in [0.1, 0.15) is 63.0 Å². The number of hydrogen-bond donors (Lipinski definition) is 3. The van der Waals surface area contributed by atoms with Gasteiger partial charge in [-0.05, 0) is 46.4 Å². The van der Waals surface area contributed by atoms with Crippen LogP contribution in [0.4, 0.5) is 4.79 Å². The van der Waals surface area contributed by atoms with E-state index in [1.165, 1.54) is 11.1 Å². The molecule has 0 heterocycles. The Labute approximate surface area is 206 Å². The molecule has 35 heavy (non-hydrogen) atoms. The van der Waals surface area contributed by atoms with Crippen molar-refractivity contribution >= 4 is 18.0 Å². The first-order chi connectivity index (χ1) is 16.8. The third-order valence-electron chi connectivity index (χ3n) is 7.45. The number of fused-ring (bicyclic) bond motifs is 3. The maximum atomic E-state index is 12.7. The van der Waals surface area contributed by atoms with Gasteiger partial charge in [-0.25, -0.2) is 4.79 Å². The second kappa shape index (κ2) is 10.5. The van der Waals surface area contributed by atoms with Crippen LogP contribution in [-0.2, 0) is 14.3 Å². The van der Waals surface area contributed by atoms with Crippen molar-refractivity contribution in [3.05, 3.63) is 59.7 Å². The zero-order valence-corrected chi connectivity index (χ0v) is 20.4. The Bertz CT molecular complexity index is 1050. The number of carboxylic acid groups (broad SMARTS) is 1. The Morgan fingerprint density at radius 1 is 1.03 bits per heavy atom. The summed E-state index contributed by atoms with van der Waals surface area (Å²) in [7, 11) is 0. The van der Waals surface area contributed by atoms with Gasteiger partial charge in [0.25, 0.3) is 0 Å². The van der Waals surface area contributed by atoms with E-state index >= 15 is 0 Å². The molecule has 186 valence electrons. The van der Waals surface area contributed by atoms with Crippen molar-refractivity contribution in [2.24, 2.45) is 11.3 Å². The van der Waals surface area contributed by atoms with Crippen LogP contribution in [0.2, 0.25) is 0 Å². The Morgan fingerprint density at radius 2 is 1.63 bits per heavy atom. The lowest BCUT2D eigenvalue weighted by atomic mass is 9.66. The fourth-order valence-corrected chi connectivity index (χ4v) is 5.24. The molecule has 0 aliphatic heterocycles. The van der Waals surface area contributed by atoms with E-state index < -0.39 is 18.1 Å². The first-order valence-electron chi connectivity index (χ1n) is 12.4. The van der Waals surface area contributed by atoms with Gasteiger partial charge in [-0.3, -0.25) is 9.59 Å². The quantitative estimate of drug-likeness (QED) is 0.459. The standard InChI is InChI=1S/C28H34N2O5/c1-18(2)24(14-26(32)33)30-25(31)15-28(12-7-13-28)17-29-27(34)35-16-23-21-10-5-3-8-19(21)20-9-4-6-11-22(20)23/h3-6,8-11,18,23-24H,7,12-17H2,1-2H3,(H,29,34)(H,30,31)(H,32,33)/t24-/m0/s1. The minimum atomic E-state index is -0.931. The Balaban J connectivity index is 1.30. The van der Waals surface area contributed by atoms with Gasteiger partial charge in [0.05, 0.1) is 6.42 Å². The normalized spacial score (nSPS) is 16.5. The van der Waals surface area contributed by atoms with Crippen LogP contribution in [0.5, 0.6) is 0 Å². The zero-order chi connectivity index (χ0) is 25.0. The molecular formula is C28H34N2O5. The van der Waals surface area contributed by atoms with Gasteiger partial charge in [0, 0.05) is 24.9 Å². The molecule has 0 saturated heterocycles. The summed E-state index contributed by atoms with van der Waals surface area (Å²) in [5.74, 6) is -1.08. The highest BCUT2D eigenvalue weighted by Crippen LogP contribution is 2.45. The molecule has 2 aliphatic carbocycles. The molecule has 3 N–H and O–H groups in total. The highest BCUT2D eigenvalue weighted by atomic mass is 16.5. The number of amides is 2.